The van der Waals surface area contributed by atoms with Gasteiger partial charge < -0.3 is 9.84 Å². The van der Waals surface area contributed by atoms with Crippen LogP contribution in [0.15, 0.2) is 53.6 Å². The second-order valence-corrected chi connectivity index (χ2v) is 6.08. The van der Waals surface area contributed by atoms with Gasteiger partial charge in [0.25, 0.3) is 5.56 Å². The van der Waals surface area contributed by atoms with Crippen LogP contribution in [0.25, 0.3) is 10.9 Å². The number of rotatable bonds is 5. The van der Waals surface area contributed by atoms with Crippen molar-refractivity contribution in [2.75, 3.05) is 6.61 Å². The molecule has 0 radical (unpaired) electrons. The number of halogens is 1. The second kappa shape index (κ2) is 7.03. The zero-order valence-electron chi connectivity index (χ0n) is 13.1. The number of aliphatic hydroxyl groups excluding tert-OH is 1. The predicted molar refractivity (Wildman–Crippen MR) is 93.7 cm³/mol. The van der Waals surface area contributed by atoms with E-state index in [1.54, 1.807) is 18.2 Å². The third kappa shape index (κ3) is 3.75. The summed E-state index contributed by atoms with van der Waals surface area (Å²) in [4.78, 5) is 16.7. The Kier molecular flexibility index (Phi) is 4.83. The van der Waals surface area contributed by atoms with Gasteiger partial charge in [0, 0.05) is 5.02 Å². The van der Waals surface area contributed by atoms with Crippen LogP contribution in [0, 0.1) is 6.92 Å². The molecule has 1 atom stereocenters. The maximum absolute atomic E-state index is 12.4. The van der Waals surface area contributed by atoms with E-state index in [4.69, 9.17) is 16.3 Å². The number of aromatic nitrogens is 2. The van der Waals surface area contributed by atoms with Crippen LogP contribution < -0.4 is 10.3 Å². The van der Waals surface area contributed by atoms with Crippen molar-refractivity contribution in [1.29, 1.82) is 0 Å². The topological polar surface area (TPSA) is 64.3 Å². The Bertz CT molecular complexity index is 906. The number of fused-ring (bicyclic) bond motifs is 1. The largest absolute Gasteiger partial charge is 0.491 e. The second-order valence-electron chi connectivity index (χ2n) is 5.64. The van der Waals surface area contributed by atoms with E-state index in [0.717, 1.165) is 5.56 Å². The fourth-order valence-corrected chi connectivity index (χ4v) is 2.54. The van der Waals surface area contributed by atoms with Crippen molar-refractivity contribution in [3.8, 4) is 5.75 Å². The molecule has 0 amide bonds. The van der Waals surface area contributed by atoms with E-state index in [0.29, 0.717) is 21.7 Å². The summed E-state index contributed by atoms with van der Waals surface area (Å²) in [5, 5.41) is 11.0. The van der Waals surface area contributed by atoms with Crippen LogP contribution >= 0.6 is 11.6 Å². The Morgan fingerprint density at radius 1 is 1.25 bits per heavy atom. The van der Waals surface area contributed by atoms with Crippen molar-refractivity contribution < 1.29 is 9.84 Å². The number of aliphatic hydroxyl groups is 1. The molecule has 124 valence electrons. The van der Waals surface area contributed by atoms with Gasteiger partial charge in [-0.05, 0) is 37.3 Å². The van der Waals surface area contributed by atoms with E-state index in [1.807, 2.05) is 31.2 Å². The summed E-state index contributed by atoms with van der Waals surface area (Å²) in [6.07, 6.45) is 0.593. The number of hydrogen-bond acceptors (Lipinski definition) is 4. The lowest BCUT2D eigenvalue weighted by atomic mass is 10.2. The van der Waals surface area contributed by atoms with Gasteiger partial charge in [-0.25, -0.2) is 4.98 Å². The van der Waals surface area contributed by atoms with Crippen molar-refractivity contribution in [2.45, 2.75) is 19.6 Å². The first kappa shape index (κ1) is 16.5. The highest BCUT2D eigenvalue weighted by atomic mass is 35.5. The van der Waals surface area contributed by atoms with Gasteiger partial charge in [0.1, 0.15) is 18.5 Å². The fraction of sp³-hybridized carbons (Fsp3) is 0.222. The maximum atomic E-state index is 12.4. The van der Waals surface area contributed by atoms with Crippen LogP contribution in [0.3, 0.4) is 0 Å². The third-order valence-corrected chi connectivity index (χ3v) is 3.89. The van der Waals surface area contributed by atoms with E-state index in [1.165, 1.54) is 10.9 Å². The van der Waals surface area contributed by atoms with Crippen LogP contribution in [0.1, 0.15) is 5.56 Å². The number of aryl methyl sites for hydroxylation is 1. The smallest absolute Gasteiger partial charge is 0.261 e. The van der Waals surface area contributed by atoms with Gasteiger partial charge in [0.2, 0.25) is 0 Å². The number of nitrogens with zero attached hydrogens (tertiary/aromatic N) is 2. The monoisotopic (exact) mass is 344 g/mol. The van der Waals surface area contributed by atoms with Crippen molar-refractivity contribution in [1.82, 2.24) is 9.55 Å². The first-order valence-corrected chi connectivity index (χ1v) is 7.93. The number of benzene rings is 2. The van der Waals surface area contributed by atoms with Crippen LogP contribution in [0.4, 0.5) is 0 Å². The lowest BCUT2D eigenvalue weighted by molar-refractivity contribution is 0.0915. The van der Waals surface area contributed by atoms with Gasteiger partial charge in [-0.1, -0.05) is 29.3 Å². The van der Waals surface area contributed by atoms with E-state index < -0.39 is 6.10 Å². The molecule has 0 unspecified atom stereocenters. The molecule has 1 heterocycles. The summed E-state index contributed by atoms with van der Waals surface area (Å²) in [5.74, 6) is 0.676. The summed E-state index contributed by atoms with van der Waals surface area (Å²) < 4.78 is 6.90. The first-order valence-electron chi connectivity index (χ1n) is 7.55. The van der Waals surface area contributed by atoms with Crippen LogP contribution in [-0.2, 0) is 6.54 Å². The number of hydrogen-bond donors (Lipinski definition) is 1. The van der Waals surface area contributed by atoms with Gasteiger partial charge >= 0.3 is 0 Å². The standard InChI is InChI=1S/C18H17ClN2O3/c1-12-2-5-15(6-3-12)24-10-14(22)9-21-11-20-17-7-4-13(19)8-16(17)18(21)23/h2-8,11,14,22H,9-10H2,1H3/t14-/m0/s1. The lowest BCUT2D eigenvalue weighted by Gasteiger charge is -2.14. The molecule has 0 aliphatic carbocycles. The molecular weight excluding hydrogens is 328 g/mol. The van der Waals surface area contributed by atoms with E-state index in [-0.39, 0.29) is 18.7 Å². The van der Waals surface area contributed by atoms with Crippen molar-refractivity contribution in [3.63, 3.8) is 0 Å². The molecule has 6 heteroatoms. The normalized spacial score (nSPS) is 12.3. The first-order chi connectivity index (χ1) is 11.5. The highest BCUT2D eigenvalue weighted by Gasteiger charge is 2.10. The van der Waals surface area contributed by atoms with Gasteiger partial charge in [-0.3, -0.25) is 9.36 Å². The van der Waals surface area contributed by atoms with Gasteiger partial charge in [0.05, 0.1) is 23.8 Å². The minimum absolute atomic E-state index is 0.0864. The highest BCUT2D eigenvalue weighted by Crippen LogP contribution is 2.14. The molecule has 0 saturated carbocycles. The Morgan fingerprint density at radius 2 is 2.00 bits per heavy atom. The average Bonchev–Trinajstić information content (AvgIpc) is 2.57. The SMILES string of the molecule is Cc1ccc(OC[C@@H](O)Cn2cnc3ccc(Cl)cc3c2=O)cc1. The molecule has 3 rings (SSSR count). The van der Waals surface area contributed by atoms with Crippen LogP contribution in [0.2, 0.25) is 5.02 Å². The Balaban J connectivity index is 1.71. The predicted octanol–water partition coefficient (Wildman–Crippen LogP) is 2.80. The molecule has 0 bridgehead atoms. The number of ether oxygens (including phenoxy) is 1. The maximum Gasteiger partial charge on any atom is 0.261 e. The molecule has 0 aliphatic heterocycles. The summed E-state index contributed by atoms with van der Waals surface area (Å²) in [5.41, 5.74) is 1.47. The Morgan fingerprint density at radius 3 is 2.75 bits per heavy atom. The third-order valence-electron chi connectivity index (χ3n) is 3.66. The molecule has 0 fully saturated rings. The average molecular weight is 345 g/mol. The van der Waals surface area contributed by atoms with E-state index in [9.17, 15) is 9.90 Å². The molecule has 0 saturated heterocycles. The zero-order chi connectivity index (χ0) is 17.1. The van der Waals surface area contributed by atoms with Crippen molar-refractivity contribution in [2.24, 2.45) is 0 Å². The fourth-order valence-electron chi connectivity index (χ4n) is 2.37. The van der Waals surface area contributed by atoms with Gasteiger partial charge in [0.15, 0.2) is 0 Å². The summed E-state index contributed by atoms with van der Waals surface area (Å²) in [6.45, 7) is 2.17. The van der Waals surface area contributed by atoms with Crippen LogP contribution in [0.5, 0.6) is 5.75 Å². The molecule has 24 heavy (non-hydrogen) atoms. The lowest BCUT2D eigenvalue weighted by Crippen LogP contribution is -2.30. The molecule has 1 N–H and O–H groups in total. The quantitative estimate of drug-likeness (QED) is 0.773. The van der Waals surface area contributed by atoms with Gasteiger partial charge in [-0.2, -0.15) is 0 Å². The molecule has 1 aromatic heterocycles. The zero-order valence-corrected chi connectivity index (χ0v) is 13.9. The Labute approximate surface area is 144 Å². The molecule has 3 aromatic rings. The molecule has 0 aliphatic rings. The molecular formula is C18H17ClN2O3. The van der Waals surface area contributed by atoms with E-state index >= 15 is 0 Å². The summed E-state index contributed by atoms with van der Waals surface area (Å²) >= 11 is 5.93. The van der Waals surface area contributed by atoms with E-state index in [2.05, 4.69) is 4.98 Å². The Hall–Kier alpha value is -2.37. The molecule has 2 aromatic carbocycles. The minimum atomic E-state index is -0.831. The summed E-state index contributed by atoms with van der Waals surface area (Å²) in [6, 6.07) is 12.5. The minimum Gasteiger partial charge on any atom is -0.491 e. The van der Waals surface area contributed by atoms with Crippen molar-refractivity contribution >= 4 is 22.5 Å². The highest BCUT2D eigenvalue weighted by molar-refractivity contribution is 6.31. The van der Waals surface area contributed by atoms with Gasteiger partial charge in [-0.15, -0.1) is 0 Å². The van der Waals surface area contributed by atoms with Crippen LogP contribution in [-0.4, -0.2) is 27.4 Å². The molecule has 5 nitrogen and oxygen atoms in total. The van der Waals surface area contributed by atoms with Crippen molar-refractivity contribution in [3.05, 3.63) is 69.7 Å². The summed E-state index contributed by atoms with van der Waals surface area (Å²) in [7, 11) is 0. The molecule has 0 spiro atoms.